The van der Waals surface area contributed by atoms with Gasteiger partial charge in [0.25, 0.3) is 0 Å². The first-order valence-corrected chi connectivity index (χ1v) is 10.6. The van der Waals surface area contributed by atoms with Crippen LogP contribution in [0.3, 0.4) is 0 Å². The number of carbonyl (C=O) groups excluding carboxylic acids is 2. The van der Waals surface area contributed by atoms with Gasteiger partial charge in [-0.25, -0.2) is 4.79 Å². The van der Waals surface area contributed by atoms with E-state index in [-0.39, 0.29) is 6.29 Å². The van der Waals surface area contributed by atoms with Gasteiger partial charge in [0, 0.05) is 38.0 Å². The van der Waals surface area contributed by atoms with Gasteiger partial charge in [0.2, 0.25) is 11.5 Å². The lowest BCUT2D eigenvalue weighted by Gasteiger charge is -2.43. The predicted octanol–water partition coefficient (Wildman–Crippen LogP) is 0.319. The quantitative estimate of drug-likeness (QED) is 0.140. The Morgan fingerprint density at radius 1 is 0.838 bits per heavy atom. The van der Waals surface area contributed by atoms with E-state index in [0.717, 1.165) is 6.07 Å². The van der Waals surface area contributed by atoms with Crippen LogP contribution in [0.5, 0.6) is 34.5 Å². The number of rotatable bonds is 8. The normalized spacial score (nSPS) is 23.5. The average Bonchev–Trinajstić information content (AvgIpc) is 2.89. The van der Waals surface area contributed by atoms with E-state index in [1.807, 2.05) is 0 Å². The van der Waals surface area contributed by atoms with Crippen LogP contribution < -0.4 is 0 Å². The fourth-order valence-electron chi connectivity index (χ4n) is 4.14. The molecule has 14 nitrogen and oxygen atoms in total. The van der Waals surface area contributed by atoms with Crippen molar-refractivity contribution in [1.29, 1.82) is 0 Å². The molecule has 7 N–H and O–H groups in total. The van der Waals surface area contributed by atoms with Crippen molar-refractivity contribution in [2.24, 2.45) is 0 Å². The zero-order valence-electron chi connectivity index (χ0n) is 19.8. The van der Waals surface area contributed by atoms with E-state index in [0.29, 0.717) is 6.07 Å². The first-order chi connectivity index (χ1) is 17.6. The minimum absolute atomic E-state index is 0.137. The third-order valence-electron chi connectivity index (χ3n) is 5.93. The van der Waals surface area contributed by atoms with Crippen molar-refractivity contribution < 1.29 is 69.0 Å². The van der Waals surface area contributed by atoms with Gasteiger partial charge in [-0.15, -0.1) is 0 Å². The number of esters is 1. The Hall–Kier alpha value is -3.82. The molecular weight excluding hydrogens is 500 g/mol. The predicted molar refractivity (Wildman–Crippen MR) is 121 cm³/mol. The number of ether oxygens (including phenoxy) is 5. The number of methoxy groups -OCH3 is 3. The lowest BCUT2D eigenvalue weighted by molar-refractivity contribution is -0.302. The fourth-order valence-corrected chi connectivity index (χ4v) is 4.14. The molecule has 14 heteroatoms. The van der Waals surface area contributed by atoms with Crippen LogP contribution in [0, 0.1) is 0 Å². The molecule has 2 unspecified atom stereocenters. The number of aldehydes is 1. The Bertz CT molecular complexity index is 1180. The zero-order chi connectivity index (χ0) is 27.6. The van der Waals surface area contributed by atoms with E-state index in [1.54, 1.807) is 0 Å². The van der Waals surface area contributed by atoms with E-state index in [9.17, 15) is 45.3 Å². The smallest absolute Gasteiger partial charge is 0.339 e. The van der Waals surface area contributed by atoms with Crippen LogP contribution in [0.4, 0.5) is 0 Å². The van der Waals surface area contributed by atoms with Crippen molar-refractivity contribution in [3.8, 4) is 45.6 Å². The lowest BCUT2D eigenvalue weighted by Crippen LogP contribution is -2.61. The summed E-state index contributed by atoms with van der Waals surface area (Å²) in [5.74, 6) is -7.66. The second-order valence-electron chi connectivity index (χ2n) is 7.92. The summed E-state index contributed by atoms with van der Waals surface area (Å²) in [4.78, 5) is 25.1. The Morgan fingerprint density at radius 3 is 1.92 bits per heavy atom. The number of aliphatic hydroxyl groups excluding tert-OH is 1. The van der Waals surface area contributed by atoms with Crippen molar-refractivity contribution in [2.45, 2.75) is 30.7 Å². The van der Waals surface area contributed by atoms with Gasteiger partial charge in [0.1, 0.15) is 18.3 Å². The van der Waals surface area contributed by atoms with E-state index in [2.05, 4.69) is 0 Å². The molecular formula is C23H26O14. The van der Waals surface area contributed by atoms with E-state index in [1.165, 1.54) is 21.3 Å². The number of aliphatic hydroxyl groups is 1. The zero-order valence-corrected chi connectivity index (χ0v) is 19.8. The number of carbonyl (C=O) groups is 2. The van der Waals surface area contributed by atoms with Crippen molar-refractivity contribution >= 4 is 12.3 Å². The molecule has 2 aromatic rings. The van der Waals surface area contributed by atoms with E-state index >= 15 is 0 Å². The Morgan fingerprint density at radius 2 is 1.41 bits per heavy atom. The van der Waals surface area contributed by atoms with Crippen LogP contribution >= 0.6 is 0 Å². The van der Waals surface area contributed by atoms with Gasteiger partial charge < -0.3 is 59.4 Å². The van der Waals surface area contributed by atoms with Crippen LogP contribution in [0.15, 0.2) is 12.1 Å². The summed E-state index contributed by atoms with van der Waals surface area (Å²) in [6, 6.07) is 1.41. The summed E-state index contributed by atoms with van der Waals surface area (Å²) >= 11 is 0. The molecule has 0 spiro atoms. The molecule has 0 aromatic heterocycles. The molecule has 1 fully saturated rings. The van der Waals surface area contributed by atoms with Gasteiger partial charge in [-0.3, -0.25) is 4.79 Å². The molecule has 0 bridgehead atoms. The van der Waals surface area contributed by atoms with Gasteiger partial charge in [0.15, 0.2) is 41.7 Å². The monoisotopic (exact) mass is 526 g/mol. The van der Waals surface area contributed by atoms with Gasteiger partial charge >= 0.3 is 5.97 Å². The van der Waals surface area contributed by atoms with Crippen LogP contribution in [-0.2, 0) is 23.7 Å². The average molecular weight is 526 g/mol. The standard InChI is InChI=1S/C23H26O14/c1-33-20-19(12(7-25)36-23(35-3)21(20)34-2)37-22(32)9-5-11(27)16(29)18(31)14(9)13-8(6-24)4-10(26)15(28)17(13)30/h4-6,12,19-21,23,25-31H,7H2,1-3H3/t12?,19-,20-,21?,23+/m1/s1. The summed E-state index contributed by atoms with van der Waals surface area (Å²) < 4.78 is 27.1. The number of phenolic OH excluding ortho intramolecular Hbond substituents is 6. The number of benzene rings is 2. The van der Waals surface area contributed by atoms with Crippen molar-refractivity contribution in [2.75, 3.05) is 27.9 Å². The molecule has 3 rings (SSSR count). The Kier molecular flexibility index (Phi) is 8.30. The summed E-state index contributed by atoms with van der Waals surface area (Å²) in [6.07, 6.45) is -5.40. The number of hydrogen-bond donors (Lipinski definition) is 7. The van der Waals surface area contributed by atoms with Crippen LogP contribution in [-0.4, -0.2) is 107 Å². The highest BCUT2D eigenvalue weighted by Crippen LogP contribution is 2.52. The van der Waals surface area contributed by atoms with Crippen LogP contribution in [0.2, 0.25) is 0 Å². The van der Waals surface area contributed by atoms with Gasteiger partial charge in [-0.1, -0.05) is 0 Å². The third-order valence-corrected chi connectivity index (χ3v) is 5.93. The topological polar surface area (TPSA) is 222 Å². The first-order valence-electron chi connectivity index (χ1n) is 10.6. The van der Waals surface area contributed by atoms with Gasteiger partial charge in [-0.2, -0.15) is 0 Å². The van der Waals surface area contributed by atoms with Crippen molar-refractivity contribution in [1.82, 2.24) is 0 Å². The molecule has 0 saturated carbocycles. The van der Waals surface area contributed by atoms with E-state index < -0.39 is 100 Å². The molecule has 2 aromatic carbocycles. The summed E-state index contributed by atoms with van der Waals surface area (Å²) in [5.41, 5.74) is -2.58. The molecule has 0 aliphatic carbocycles. The largest absolute Gasteiger partial charge is 0.504 e. The molecule has 0 radical (unpaired) electrons. The highest BCUT2D eigenvalue weighted by Gasteiger charge is 2.49. The molecule has 1 aliphatic heterocycles. The maximum Gasteiger partial charge on any atom is 0.339 e. The highest BCUT2D eigenvalue weighted by molar-refractivity contribution is 6.05. The molecule has 5 atom stereocenters. The molecule has 1 heterocycles. The lowest BCUT2D eigenvalue weighted by atomic mass is 9.92. The Balaban J connectivity index is 2.18. The summed E-state index contributed by atoms with van der Waals surface area (Å²) in [7, 11) is 3.92. The maximum atomic E-state index is 13.4. The summed E-state index contributed by atoms with van der Waals surface area (Å²) in [6.45, 7) is -0.658. The fraction of sp³-hybridized carbons (Fsp3) is 0.391. The highest BCUT2D eigenvalue weighted by atomic mass is 16.7. The second kappa shape index (κ2) is 11.1. The minimum Gasteiger partial charge on any atom is -0.504 e. The third kappa shape index (κ3) is 4.80. The molecule has 0 amide bonds. The SMILES string of the molecule is COC1[C@@H](OC)OC(CO)[C@@H](OC(=O)c2cc(O)c(O)c(O)c2-c2c(C=O)cc(O)c(O)c2O)[C@H]1OC. The molecule has 1 saturated heterocycles. The number of phenols is 6. The van der Waals surface area contributed by atoms with Gasteiger partial charge in [0.05, 0.1) is 12.2 Å². The number of aromatic hydroxyl groups is 6. The Labute approximate surface area is 209 Å². The van der Waals surface area contributed by atoms with Crippen LogP contribution in [0.25, 0.3) is 11.1 Å². The second-order valence-corrected chi connectivity index (χ2v) is 7.92. The van der Waals surface area contributed by atoms with Crippen LogP contribution in [0.1, 0.15) is 20.7 Å². The number of hydrogen-bond acceptors (Lipinski definition) is 14. The molecule has 1 aliphatic rings. The maximum absolute atomic E-state index is 13.4. The molecule has 37 heavy (non-hydrogen) atoms. The van der Waals surface area contributed by atoms with Crippen molar-refractivity contribution in [3.63, 3.8) is 0 Å². The van der Waals surface area contributed by atoms with Crippen molar-refractivity contribution in [3.05, 3.63) is 23.3 Å². The van der Waals surface area contributed by atoms with E-state index in [4.69, 9.17) is 23.7 Å². The summed E-state index contributed by atoms with van der Waals surface area (Å²) in [5, 5.41) is 70.8. The van der Waals surface area contributed by atoms with Gasteiger partial charge in [-0.05, 0) is 12.1 Å². The molecule has 202 valence electrons. The first kappa shape index (κ1) is 27.8. The minimum atomic E-state index is -1.35.